The van der Waals surface area contributed by atoms with Crippen LogP contribution in [0.3, 0.4) is 0 Å². The Morgan fingerprint density at radius 1 is 1.30 bits per heavy atom. The zero-order valence-electron chi connectivity index (χ0n) is 14.7. The maximum Gasteiger partial charge on any atom is 0.407 e. The molecule has 0 fully saturated rings. The summed E-state index contributed by atoms with van der Waals surface area (Å²) < 4.78 is 25.0. The minimum Gasteiger partial charge on any atom is -0.496 e. The average molecular weight is 326 g/mol. The molecule has 5 nitrogen and oxygen atoms in total. The molecule has 23 heavy (non-hydrogen) atoms. The fourth-order valence-corrected chi connectivity index (χ4v) is 2.30. The van der Waals surface area contributed by atoms with E-state index in [2.05, 4.69) is 5.32 Å². The molecule has 1 aromatic rings. The second kappa shape index (κ2) is 7.17. The molecule has 0 bridgehead atoms. The summed E-state index contributed by atoms with van der Waals surface area (Å²) in [5, 5.41) is 2.66. The first kappa shape index (κ1) is 19.2. The van der Waals surface area contributed by atoms with Crippen LogP contribution in [0.2, 0.25) is 0 Å². The number of amides is 1. The number of benzene rings is 1. The van der Waals surface area contributed by atoms with Gasteiger partial charge >= 0.3 is 6.09 Å². The zero-order chi connectivity index (χ0) is 17.8. The molecule has 1 unspecified atom stereocenters. The summed E-state index contributed by atoms with van der Waals surface area (Å²) in [6.07, 6.45) is -0.566. The molecule has 1 rings (SSSR count). The number of carbonyl (C=O) groups is 1. The lowest BCUT2D eigenvalue weighted by Gasteiger charge is -2.31. The van der Waals surface area contributed by atoms with Gasteiger partial charge in [0.2, 0.25) is 0 Å². The van der Waals surface area contributed by atoms with Crippen molar-refractivity contribution in [3.05, 3.63) is 29.1 Å². The van der Waals surface area contributed by atoms with Crippen LogP contribution in [0.4, 0.5) is 9.18 Å². The van der Waals surface area contributed by atoms with Crippen molar-refractivity contribution in [1.29, 1.82) is 0 Å². The van der Waals surface area contributed by atoms with Crippen LogP contribution in [0.1, 0.15) is 38.8 Å². The Hall–Kier alpha value is -1.82. The molecule has 0 heterocycles. The fourth-order valence-electron chi connectivity index (χ4n) is 2.30. The quantitative estimate of drug-likeness (QED) is 0.872. The number of alkyl carbamates (subject to hydrolysis) is 1. The summed E-state index contributed by atoms with van der Waals surface area (Å²) in [6, 6.07) is 3.18. The van der Waals surface area contributed by atoms with Crippen LogP contribution in [-0.4, -0.2) is 31.9 Å². The van der Waals surface area contributed by atoms with Crippen molar-refractivity contribution < 1.29 is 18.7 Å². The lowest BCUT2D eigenvalue weighted by atomic mass is 9.81. The van der Waals surface area contributed by atoms with Gasteiger partial charge in [-0.15, -0.1) is 0 Å². The van der Waals surface area contributed by atoms with Crippen LogP contribution >= 0.6 is 0 Å². The maximum atomic E-state index is 14.5. The summed E-state index contributed by atoms with van der Waals surface area (Å²) in [5.74, 6) is 0.0160. The van der Waals surface area contributed by atoms with E-state index in [1.807, 2.05) is 0 Å². The standard InChI is InChI=1S/C17H27FN2O3/c1-11-7-12(18)14(13(8-11)22-6)17(5,9-19)10-20-15(21)23-16(2,3)4/h7-8H,9-10,19H2,1-6H3,(H,20,21). The van der Waals surface area contributed by atoms with E-state index in [0.717, 1.165) is 5.56 Å². The molecule has 0 saturated heterocycles. The van der Waals surface area contributed by atoms with Crippen LogP contribution in [-0.2, 0) is 10.2 Å². The van der Waals surface area contributed by atoms with Crippen molar-refractivity contribution in [1.82, 2.24) is 5.32 Å². The van der Waals surface area contributed by atoms with E-state index in [1.54, 1.807) is 40.7 Å². The predicted octanol–water partition coefficient (Wildman–Crippen LogP) is 2.88. The Balaban J connectivity index is 3.04. The van der Waals surface area contributed by atoms with Gasteiger partial charge in [-0.05, 0) is 45.4 Å². The number of hydrogen-bond donors (Lipinski definition) is 2. The third-order valence-corrected chi connectivity index (χ3v) is 3.49. The highest BCUT2D eigenvalue weighted by molar-refractivity contribution is 5.68. The highest BCUT2D eigenvalue weighted by Crippen LogP contribution is 2.34. The van der Waals surface area contributed by atoms with Gasteiger partial charge in [-0.1, -0.05) is 6.92 Å². The van der Waals surface area contributed by atoms with Crippen LogP contribution in [0, 0.1) is 12.7 Å². The highest BCUT2D eigenvalue weighted by atomic mass is 19.1. The molecular formula is C17H27FN2O3. The number of carbonyl (C=O) groups excluding carboxylic acids is 1. The second-order valence-electron chi connectivity index (χ2n) is 6.94. The smallest absolute Gasteiger partial charge is 0.407 e. The molecule has 1 aromatic carbocycles. The minimum absolute atomic E-state index is 0.134. The van der Waals surface area contributed by atoms with Crippen LogP contribution in [0.5, 0.6) is 5.75 Å². The summed E-state index contributed by atoms with van der Waals surface area (Å²) in [5.41, 5.74) is 5.55. The second-order valence-corrected chi connectivity index (χ2v) is 6.94. The van der Waals surface area contributed by atoms with E-state index in [0.29, 0.717) is 11.3 Å². The fraction of sp³-hybridized carbons (Fsp3) is 0.588. The molecule has 0 aliphatic rings. The largest absolute Gasteiger partial charge is 0.496 e. The van der Waals surface area contributed by atoms with Gasteiger partial charge in [0.15, 0.2) is 0 Å². The topological polar surface area (TPSA) is 73.6 Å². The van der Waals surface area contributed by atoms with Crippen molar-refractivity contribution in [2.45, 2.75) is 45.6 Å². The molecule has 6 heteroatoms. The maximum absolute atomic E-state index is 14.5. The van der Waals surface area contributed by atoms with E-state index in [9.17, 15) is 9.18 Å². The molecule has 0 aliphatic carbocycles. The van der Waals surface area contributed by atoms with Crippen molar-refractivity contribution in [2.75, 3.05) is 20.2 Å². The lowest BCUT2D eigenvalue weighted by Crippen LogP contribution is -2.45. The van der Waals surface area contributed by atoms with Crippen molar-refractivity contribution in [3.63, 3.8) is 0 Å². The summed E-state index contributed by atoms with van der Waals surface area (Å²) in [6.45, 7) is 9.16. The number of methoxy groups -OCH3 is 1. The normalized spacial score (nSPS) is 14.1. The van der Waals surface area contributed by atoms with Gasteiger partial charge < -0.3 is 20.5 Å². The van der Waals surface area contributed by atoms with E-state index in [1.165, 1.54) is 13.2 Å². The van der Waals surface area contributed by atoms with E-state index in [4.69, 9.17) is 15.2 Å². The molecule has 0 spiro atoms. The monoisotopic (exact) mass is 326 g/mol. The van der Waals surface area contributed by atoms with Gasteiger partial charge in [0.1, 0.15) is 17.2 Å². The van der Waals surface area contributed by atoms with Gasteiger partial charge in [0.05, 0.1) is 7.11 Å². The van der Waals surface area contributed by atoms with Gasteiger partial charge in [-0.25, -0.2) is 9.18 Å². The average Bonchev–Trinajstić information content (AvgIpc) is 2.42. The van der Waals surface area contributed by atoms with Gasteiger partial charge in [0, 0.05) is 24.1 Å². The Morgan fingerprint density at radius 3 is 2.39 bits per heavy atom. The third kappa shape index (κ3) is 5.10. The van der Waals surface area contributed by atoms with E-state index < -0.39 is 22.9 Å². The van der Waals surface area contributed by atoms with Crippen LogP contribution in [0.15, 0.2) is 12.1 Å². The molecule has 0 radical (unpaired) electrons. The Bertz CT molecular complexity index is 570. The molecule has 0 saturated carbocycles. The summed E-state index contributed by atoms with van der Waals surface area (Å²) >= 11 is 0. The first-order valence-electron chi connectivity index (χ1n) is 7.54. The molecule has 3 N–H and O–H groups in total. The molecule has 1 amide bonds. The molecule has 0 aliphatic heterocycles. The number of nitrogens with one attached hydrogen (secondary N) is 1. The molecule has 1 atom stereocenters. The Kier molecular flexibility index (Phi) is 5.99. The van der Waals surface area contributed by atoms with Crippen molar-refractivity contribution >= 4 is 6.09 Å². The van der Waals surface area contributed by atoms with E-state index in [-0.39, 0.29) is 13.1 Å². The number of nitrogens with two attached hydrogens (primary N) is 1. The SMILES string of the molecule is COc1cc(C)cc(F)c1C(C)(CN)CNC(=O)OC(C)(C)C. The van der Waals surface area contributed by atoms with Crippen molar-refractivity contribution in [2.24, 2.45) is 5.73 Å². The highest BCUT2D eigenvalue weighted by Gasteiger charge is 2.33. The minimum atomic E-state index is -0.819. The third-order valence-electron chi connectivity index (χ3n) is 3.49. The number of aryl methyl sites for hydroxylation is 1. The number of halogens is 1. The Labute approximate surface area is 137 Å². The van der Waals surface area contributed by atoms with E-state index >= 15 is 0 Å². The molecule has 130 valence electrons. The first-order chi connectivity index (χ1) is 10.5. The number of hydrogen-bond acceptors (Lipinski definition) is 4. The van der Waals surface area contributed by atoms with Gasteiger partial charge in [-0.2, -0.15) is 0 Å². The number of rotatable bonds is 5. The lowest BCUT2D eigenvalue weighted by molar-refractivity contribution is 0.0515. The van der Waals surface area contributed by atoms with Gasteiger partial charge in [0.25, 0.3) is 0 Å². The zero-order valence-corrected chi connectivity index (χ0v) is 14.7. The summed E-state index contributed by atoms with van der Waals surface area (Å²) in [7, 11) is 1.48. The Morgan fingerprint density at radius 2 is 1.91 bits per heavy atom. The van der Waals surface area contributed by atoms with Crippen LogP contribution < -0.4 is 15.8 Å². The number of ether oxygens (including phenoxy) is 2. The van der Waals surface area contributed by atoms with Crippen molar-refractivity contribution in [3.8, 4) is 5.75 Å². The van der Waals surface area contributed by atoms with Gasteiger partial charge in [-0.3, -0.25) is 0 Å². The predicted molar refractivity (Wildman–Crippen MR) is 88.3 cm³/mol. The molecular weight excluding hydrogens is 299 g/mol. The summed E-state index contributed by atoms with van der Waals surface area (Å²) in [4.78, 5) is 11.8. The van der Waals surface area contributed by atoms with Crippen LogP contribution in [0.25, 0.3) is 0 Å². The molecule has 0 aromatic heterocycles. The first-order valence-corrected chi connectivity index (χ1v) is 7.54.